The zero-order valence-electron chi connectivity index (χ0n) is 16.0. The van der Waals surface area contributed by atoms with E-state index in [-0.39, 0.29) is 16.8 Å². The Kier molecular flexibility index (Phi) is 4.45. The highest BCUT2D eigenvalue weighted by atomic mass is 32.1. The molecular weight excluding hydrogens is 396 g/mol. The molecule has 3 aromatic heterocycles. The van der Waals surface area contributed by atoms with Crippen molar-refractivity contribution in [2.45, 2.75) is 6.92 Å². The molecule has 5 rings (SSSR count). The van der Waals surface area contributed by atoms with Crippen molar-refractivity contribution in [3.63, 3.8) is 0 Å². The fourth-order valence-corrected chi connectivity index (χ4v) is 4.32. The van der Waals surface area contributed by atoms with Crippen molar-refractivity contribution in [3.8, 4) is 22.0 Å². The van der Waals surface area contributed by atoms with Gasteiger partial charge in [0.2, 0.25) is 11.2 Å². The van der Waals surface area contributed by atoms with Crippen LogP contribution in [0.3, 0.4) is 0 Å². The van der Waals surface area contributed by atoms with Crippen LogP contribution in [0, 0.1) is 6.92 Å². The van der Waals surface area contributed by atoms with Crippen LogP contribution in [-0.4, -0.2) is 5.78 Å². The molecule has 0 aliphatic rings. The summed E-state index contributed by atoms with van der Waals surface area (Å²) in [4.78, 5) is 29.1. The van der Waals surface area contributed by atoms with Gasteiger partial charge in [-0.05, 0) is 55.0 Å². The third-order valence-electron chi connectivity index (χ3n) is 4.92. The minimum atomic E-state index is -0.393. The molecule has 0 bridgehead atoms. The number of hydrogen-bond donors (Lipinski definition) is 0. The lowest BCUT2D eigenvalue weighted by Crippen LogP contribution is -2.18. The average Bonchev–Trinajstić information content (AvgIpc) is 3.46. The van der Waals surface area contributed by atoms with Crippen LogP contribution in [0.15, 0.2) is 92.7 Å². The van der Waals surface area contributed by atoms with Gasteiger partial charge in [0, 0.05) is 15.3 Å². The zero-order valence-corrected chi connectivity index (χ0v) is 16.9. The lowest BCUT2D eigenvalue weighted by molar-refractivity contribution is 0.103. The highest BCUT2D eigenvalue weighted by Crippen LogP contribution is 2.32. The molecule has 0 N–H and O–H groups in total. The molecule has 0 radical (unpaired) electrons. The smallest absolute Gasteiger partial charge is 0.204 e. The standard InChI is InChI=1S/C25H16O4S/c1-15-9-12-21(30-15)17-10-11-19-18(14-17)24(27)22(23(26)16-6-3-2-4-7-16)25(29-19)20-8-5-13-28-20/h2-14H,1H3. The van der Waals surface area contributed by atoms with Crippen LogP contribution in [0.1, 0.15) is 20.8 Å². The summed E-state index contributed by atoms with van der Waals surface area (Å²) in [6.45, 7) is 2.04. The van der Waals surface area contributed by atoms with E-state index in [1.54, 1.807) is 59.9 Å². The summed E-state index contributed by atoms with van der Waals surface area (Å²) in [5, 5.41) is 0.369. The summed E-state index contributed by atoms with van der Waals surface area (Å²) in [5.74, 6) is 0.0901. The van der Waals surface area contributed by atoms with Crippen molar-refractivity contribution in [2.24, 2.45) is 0 Å². The van der Waals surface area contributed by atoms with E-state index in [0.29, 0.717) is 22.3 Å². The number of fused-ring (bicyclic) bond motifs is 1. The molecule has 0 unspecified atom stereocenters. The minimum absolute atomic E-state index is 0.0249. The van der Waals surface area contributed by atoms with E-state index in [2.05, 4.69) is 0 Å². The van der Waals surface area contributed by atoms with Gasteiger partial charge in [-0.3, -0.25) is 9.59 Å². The van der Waals surface area contributed by atoms with Crippen molar-refractivity contribution in [1.82, 2.24) is 0 Å². The molecule has 0 aliphatic heterocycles. The predicted molar refractivity (Wildman–Crippen MR) is 118 cm³/mol. The molecule has 2 aromatic carbocycles. The summed E-state index contributed by atoms with van der Waals surface area (Å²) < 4.78 is 11.5. The fraction of sp³-hybridized carbons (Fsp3) is 0.0400. The molecule has 0 atom stereocenters. The number of thiophene rings is 1. The van der Waals surface area contributed by atoms with Gasteiger partial charge in [0.1, 0.15) is 11.1 Å². The Balaban J connectivity index is 1.78. The Morgan fingerprint density at radius 1 is 0.933 bits per heavy atom. The van der Waals surface area contributed by atoms with Crippen LogP contribution < -0.4 is 5.43 Å². The molecule has 0 amide bonds. The van der Waals surface area contributed by atoms with Crippen LogP contribution in [0.4, 0.5) is 0 Å². The number of carbonyl (C=O) groups is 1. The van der Waals surface area contributed by atoms with E-state index in [1.807, 2.05) is 31.2 Å². The van der Waals surface area contributed by atoms with Crippen molar-refractivity contribution < 1.29 is 13.6 Å². The minimum Gasteiger partial charge on any atom is -0.461 e. The van der Waals surface area contributed by atoms with E-state index < -0.39 is 5.78 Å². The molecule has 5 heteroatoms. The van der Waals surface area contributed by atoms with Crippen molar-refractivity contribution in [3.05, 3.63) is 105 Å². The second-order valence-electron chi connectivity index (χ2n) is 6.93. The Bertz CT molecular complexity index is 1420. The summed E-state index contributed by atoms with van der Waals surface area (Å²) in [6.07, 6.45) is 1.48. The van der Waals surface area contributed by atoms with Gasteiger partial charge >= 0.3 is 0 Å². The van der Waals surface area contributed by atoms with E-state index in [9.17, 15) is 9.59 Å². The summed E-state index contributed by atoms with van der Waals surface area (Å²) in [6, 6.07) is 21.6. The third-order valence-corrected chi connectivity index (χ3v) is 5.97. The van der Waals surface area contributed by atoms with Gasteiger partial charge < -0.3 is 8.83 Å². The maximum absolute atomic E-state index is 13.5. The lowest BCUT2D eigenvalue weighted by Gasteiger charge is -2.09. The monoisotopic (exact) mass is 412 g/mol. The van der Waals surface area contributed by atoms with Gasteiger partial charge in [-0.1, -0.05) is 30.3 Å². The number of rotatable bonds is 4. The number of benzene rings is 2. The van der Waals surface area contributed by atoms with Crippen LogP contribution in [0.5, 0.6) is 0 Å². The maximum atomic E-state index is 13.5. The molecule has 0 spiro atoms. The SMILES string of the molecule is Cc1ccc(-c2ccc3oc(-c4ccco4)c(C(=O)c4ccccc4)c(=O)c3c2)s1. The van der Waals surface area contributed by atoms with Crippen molar-refractivity contribution in [2.75, 3.05) is 0 Å². The topological polar surface area (TPSA) is 60.4 Å². The Hall–Kier alpha value is -3.70. The second-order valence-corrected chi connectivity index (χ2v) is 8.22. The molecule has 30 heavy (non-hydrogen) atoms. The van der Waals surface area contributed by atoms with E-state index >= 15 is 0 Å². The van der Waals surface area contributed by atoms with Gasteiger partial charge in [-0.2, -0.15) is 0 Å². The van der Waals surface area contributed by atoms with Gasteiger partial charge in [-0.15, -0.1) is 11.3 Å². The van der Waals surface area contributed by atoms with Crippen molar-refractivity contribution >= 4 is 28.1 Å². The van der Waals surface area contributed by atoms with Gasteiger partial charge in [0.15, 0.2) is 11.5 Å². The van der Waals surface area contributed by atoms with E-state index in [4.69, 9.17) is 8.83 Å². The summed E-state index contributed by atoms with van der Waals surface area (Å²) >= 11 is 1.65. The lowest BCUT2D eigenvalue weighted by atomic mass is 9.99. The van der Waals surface area contributed by atoms with Gasteiger partial charge in [-0.25, -0.2) is 0 Å². The van der Waals surface area contributed by atoms with Crippen LogP contribution in [0.25, 0.3) is 32.9 Å². The molecule has 3 heterocycles. The predicted octanol–water partition coefficient (Wildman–Crippen LogP) is 6.32. The first-order chi connectivity index (χ1) is 14.6. The first kappa shape index (κ1) is 18.3. The van der Waals surface area contributed by atoms with E-state index in [1.165, 1.54) is 11.1 Å². The van der Waals surface area contributed by atoms with Crippen LogP contribution in [-0.2, 0) is 0 Å². The highest BCUT2D eigenvalue weighted by Gasteiger charge is 2.25. The summed E-state index contributed by atoms with van der Waals surface area (Å²) in [5.41, 5.74) is 1.35. The molecule has 0 saturated carbocycles. The molecule has 5 aromatic rings. The molecular formula is C25H16O4S. The quantitative estimate of drug-likeness (QED) is 0.324. The number of aryl methyl sites for hydroxylation is 1. The molecule has 0 aliphatic carbocycles. The number of carbonyl (C=O) groups excluding carboxylic acids is 1. The highest BCUT2D eigenvalue weighted by molar-refractivity contribution is 7.15. The van der Waals surface area contributed by atoms with Crippen molar-refractivity contribution in [1.29, 1.82) is 0 Å². The molecule has 0 fully saturated rings. The second kappa shape index (κ2) is 7.28. The fourth-order valence-electron chi connectivity index (χ4n) is 3.46. The Morgan fingerprint density at radius 3 is 2.47 bits per heavy atom. The maximum Gasteiger partial charge on any atom is 0.204 e. The molecule has 4 nitrogen and oxygen atoms in total. The van der Waals surface area contributed by atoms with Crippen LogP contribution in [0.2, 0.25) is 0 Å². The molecule has 0 saturated heterocycles. The third kappa shape index (κ3) is 3.09. The first-order valence-corrected chi connectivity index (χ1v) is 10.2. The zero-order chi connectivity index (χ0) is 20.7. The average molecular weight is 412 g/mol. The Labute approximate surface area is 176 Å². The van der Waals surface area contributed by atoms with Gasteiger partial charge in [0.05, 0.1) is 11.6 Å². The normalized spacial score (nSPS) is 11.1. The first-order valence-electron chi connectivity index (χ1n) is 9.43. The van der Waals surface area contributed by atoms with Gasteiger partial charge in [0.25, 0.3) is 0 Å². The molecule has 146 valence electrons. The van der Waals surface area contributed by atoms with E-state index in [0.717, 1.165) is 10.4 Å². The van der Waals surface area contributed by atoms with Crippen LogP contribution >= 0.6 is 11.3 Å². The number of hydrogen-bond acceptors (Lipinski definition) is 5. The largest absolute Gasteiger partial charge is 0.461 e. The Morgan fingerprint density at radius 2 is 1.77 bits per heavy atom. The number of ketones is 1. The summed E-state index contributed by atoms with van der Waals surface area (Å²) in [7, 11) is 0. The number of furan rings is 1.